The van der Waals surface area contributed by atoms with E-state index in [0.717, 1.165) is 9.37 Å². The Labute approximate surface area is 215 Å². The molecule has 2 aliphatic rings. The third-order valence-corrected chi connectivity index (χ3v) is 7.01. The third-order valence-electron chi connectivity index (χ3n) is 6.17. The van der Waals surface area contributed by atoms with Crippen molar-refractivity contribution in [3.05, 3.63) is 93.4 Å². The minimum Gasteiger partial charge on any atom is -0.494 e. The van der Waals surface area contributed by atoms with Crippen LogP contribution in [0.25, 0.3) is 0 Å². The Hall–Kier alpha value is -3.20. The van der Waals surface area contributed by atoms with E-state index in [1.807, 2.05) is 13.0 Å². The number of imide groups is 1. The Kier molecular flexibility index (Phi) is 6.35. The summed E-state index contributed by atoms with van der Waals surface area (Å²) in [5.41, 5.74) is 4.57. The van der Waals surface area contributed by atoms with Gasteiger partial charge in [-0.05, 0) is 61.0 Å². The first-order valence-corrected chi connectivity index (χ1v) is 12.3. The molecule has 3 aromatic rings. The van der Waals surface area contributed by atoms with Gasteiger partial charge in [0.15, 0.2) is 0 Å². The van der Waals surface area contributed by atoms with Crippen molar-refractivity contribution >= 4 is 50.9 Å². The molecular weight excluding hydrogens is 534 g/mol. The molecule has 3 atom stereocenters. The van der Waals surface area contributed by atoms with Crippen LogP contribution in [0.5, 0.6) is 5.75 Å². The van der Waals surface area contributed by atoms with Crippen LogP contribution in [0.4, 0.5) is 5.69 Å². The highest BCUT2D eigenvalue weighted by atomic mass is 79.9. The van der Waals surface area contributed by atoms with Gasteiger partial charge in [-0.2, -0.15) is 0 Å². The molecule has 0 aliphatic carbocycles. The van der Waals surface area contributed by atoms with Crippen molar-refractivity contribution in [2.24, 2.45) is 5.92 Å². The molecule has 7 nitrogen and oxygen atoms in total. The SMILES string of the molecule is CCOc1ccc(N2C(=O)[C@H]3[C@@H](C2=O)N(C(=O)c2cccc(Br)c2)N[C@H]3c2ccccc2Cl)cc1. The smallest absolute Gasteiger partial charge is 0.268 e. The molecule has 0 unspecified atom stereocenters. The fraction of sp³-hybridized carbons (Fsp3) is 0.192. The molecule has 2 heterocycles. The van der Waals surface area contributed by atoms with E-state index >= 15 is 0 Å². The quantitative estimate of drug-likeness (QED) is 0.460. The highest BCUT2D eigenvalue weighted by Crippen LogP contribution is 2.44. The molecule has 0 saturated carbocycles. The largest absolute Gasteiger partial charge is 0.494 e. The molecule has 35 heavy (non-hydrogen) atoms. The molecular formula is C26H21BrClN3O4. The van der Waals surface area contributed by atoms with Crippen LogP contribution in [0.1, 0.15) is 28.9 Å². The summed E-state index contributed by atoms with van der Waals surface area (Å²) in [7, 11) is 0. The molecule has 0 spiro atoms. The summed E-state index contributed by atoms with van der Waals surface area (Å²) in [4.78, 5) is 42.1. The highest BCUT2D eigenvalue weighted by Gasteiger charge is 2.60. The number of rotatable bonds is 5. The van der Waals surface area contributed by atoms with Crippen molar-refractivity contribution in [1.82, 2.24) is 10.4 Å². The van der Waals surface area contributed by atoms with E-state index in [9.17, 15) is 14.4 Å². The fourth-order valence-corrected chi connectivity index (χ4v) is 5.29. The normalized spacial score (nSPS) is 21.4. The number of halogens is 2. The zero-order valence-electron chi connectivity index (χ0n) is 18.7. The van der Waals surface area contributed by atoms with Gasteiger partial charge in [0.1, 0.15) is 11.8 Å². The van der Waals surface area contributed by atoms with E-state index in [1.165, 1.54) is 5.01 Å². The summed E-state index contributed by atoms with van der Waals surface area (Å²) in [6.07, 6.45) is 0. The van der Waals surface area contributed by atoms with Crippen LogP contribution in [0.2, 0.25) is 5.02 Å². The minimum absolute atomic E-state index is 0.380. The standard InChI is InChI=1S/C26H21BrClN3O4/c1-2-35-18-12-10-17(11-13-18)30-25(33)21-22(19-8-3-4-9-20(19)28)29-31(23(21)26(30)34)24(32)15-6-5-7-16(27)14-15/h3-14,21-23,29H,2H2,1H3/t21-,22+,23+/m1/s1. The van der Waals surface area contributed by atoms with Gasteiger partial charge in [-0.15, -0.1) is 0 Å². The summed E-state index contributed by atoms with van der Waals surface area (Å²) < 4.78 is 6.21. The van der Waals surface area contributed by atoms with E-state index in [4.69, 9.17) is 16.3 Å². The van der Waals surface area contributed by atoms with E-state index in [2.05, 4.69) is 21.4 Å². The van der Waals surface area contributed by atoms with Crippen molar-refractivity contribution < 1.29 is 19.1 Å². The number of benzene rings is 3. The summed E-state index contributed by atoms with van der Waals surface area (Å²) >= 11 is 9.85. The summed E-state index contributed by atoms with van der Waals surface area (Å²) in [5.74, 6) is -1.49. The van der Waals surface area contributed by atoms with Crippen LogP contribution in [0.15, 0.2) is 77.3 Å². The number of carbonyl (C=O) groups excluding carboxylic acids is 3. The summed E-state index contributed by atoms with van der Waals surface area (Å²) in [6.45, 7) is 2.38. The molecule has 1 N–H and O–H groups in total. The van der Waals surface area contributed by atoms with Crippen molar-refractivity contribution in [3.63, 3.8) is 0 Å². The molecule has 178 valence electrons. The lowest BCUT2D eigenvalue weighted by molar-refractivity contribution is -0.123. The van der Waals surface area contributed by atoms with Crippen LogP contribution in [0.3, 0.4) is 0 Å². The minimum atomic E-state index is -1.03. The van der Waals surface area contributed by atoms with Crippen LogP contribution >= 0.6 is 27.5 Å². The maximum Gasteiger partial charge on any atom is 0.268 e. The number of nitrogens with zero attached hydrogens (tertiary/aromatic N) is 2. The summed E-state index contributed by atoms with van der Waals surface area (Å²) in [5, 5.41) is 1.72. The van der Waals surface area contributed by atoms with Gasteiger partial charge in [0.2, 0.25) is 5.91 Å². The monoisotopic (exact) mass is 553 g/mol. The van der Waals surface area contributed by atoms with Crippen LogP contribution in [-0.2, 0) is 9.59 Å². The predicted octanol–water partition coefficient (Wildman–Crippen LogP) is 4.76. The molecule has 3 aromatic carbocycles. The summed E-state index contributed by atoms with van der Waals surface area (Å²) in [6, 6.07) is 19.1. The molecule has 0 radical (unpaired) electrons. The van der Waals surface area contributed by atoms with E-state index in [0.29, 0.717) is 34.2 Å². The number of nitrogens with one attached hydrogen (secondary N) is 1. The molecule has 0 bridgehead atoms. The second kappa shape index (κ2) is 9.45. The molecule has 5 rings (SSSR count). The fourth-order valence-electron chi connectivity index (χ4n) is 4.63. The van der Waals surface area contributed by atoms with E-state index < -0.39 is 35.7 Å². The van der Waals surface area contributed by atoms with Gasteiger partial charge in [-0.1, -0.05) is 51.8 Å². The first-order valence-electron chi connectivity index (χ1n) is 11.1. The molecule has 2 aliphatic heterocycles. The maximum absolute atomic E-state index is 13.7. The zero-order valence-corrected chi connectivity index (χ0v) is 21.0. The van der Waals surface area contributed by atoms with Crippen LogP contribution in [-0.4, -0.2) is 35.4 Å². The lowest BCUT2D eigenvalue weighted by atomic mass is 9.91. The van der Waals surface area contributed by atoms with Crippen molar-refractivity contribution in [2.75, 3.05) is 11.5 Å². The van der Waals surface area contributed by atoms with Gasteiger partial charge in [-0.25, -0.2) is 10.3 Å². The van der Waals surface area contributed by atoms with Crippen molar-refractivity contribution in [3.8, 4) is 5.75 Å². The highest BCUT2D eigenvalue weighted by molar-refractivity contribution is 9.10. The van der Waals surface area contributed by atoms with Gasteiger partial charge in [-0.3, -0.25) is 19.4 Å². The van der Waals surface area contributed by atoms with Crippen LogP contribution < -0.4 is 15.1 Å². The molecule has 0 aromatic heterocycles. The van der Waals surface area contributed by atoms with Crippen molar-refractivity contribution in [2.45, 2.75) is 19.0 Å². The number of hydrazine groups is 1. The molecule has 2 saturated heterocycles. The zero-order chi connectivity index (χ0) is 24.7. The van der Waals surface area contributed by atoms with Gasteiger partial charge >= 0.3 is 0 Å². The third kappa shape index (κ3) is 4.11. The molecule has 9 heteroatoms. The topological polar surface area (TPSA) is 79.0 Å². The number of hydrogen-bond acceptors (Lipinski definition) is 5. The first-order chi connectivity index (χ1) is 16.9. The molecule has 2 fully saturated rings. The number of fused-ring (bicyclic) bond motifs is 1. The van der Waals surface area contributed by atoms with Gasteiger partial charge in [0.05, 0.1) is 24.3 Å². The van der Waals surface area contributed by atoms with Crippen LogP contribution in [0, 0.1) is 5.92 Å². The second-order valence-electron chi connectivity index (χ2n) is 8.22. The number of hydrogen-bond donors (Lipinski definition) is 1. The molecule has 3 amide bonds. The average Bonchev–Trinajstić information content (AvgIpc) is 3.36. The second-order valence-corrected chi connectivity index (χ2v) is 9.55. The van der Waals surface area contributed by atoms with Gasteiger partial charge in [0, 0.05) is 15.1 Å². The number of anilines is 1. The lowest BCUT2D eigenvalue weighted by Gasteiger charge is -2.25. The number of carbonyl (C=O) groups is 3. The predicted molar refractivity (Wildman–Crippen MR) is 135 cm³/mol. The lowest BCUT2D eigenvalue weighted by Crippen LogP contribution is -2.48. The first kappa shape index (κ1) is 23.5. The van der Waals surface area contributed by atoms with E-state index in [-0.39, 0.29) is 0 Å². The maximum atomic E-state index is 13.7. The average molecular weight is 555 g/mol. The Morgan fingerprint density at radius 1 is 1.03 bits per heavy atom. The number of amides is 3. The Balaban J connectivity index is 1.56. The van der Waals surface area contributed by atoms with Gasteiger partial charge in [0.25, 0.3) is 11.8 Å². The van der Waals surface area contributed by atoms with Crippen molar-refractivity contribution in [1.29, 1.82) is 0 Å². The Bertz CT molecular complexity index is 1320. The number of ether oxygens (including phenoxy) is 1. The van der Waals surface area contributed by atoms with Gasteiger partial charge < -0.3 is 4.74 Å². The van der Waals surface area contributed by atoms with E-state index in [1.54, 1.807) is 66.7 Å². The Morgan fingerprint density at radius 2 is 1.77 bits per heavy atom. The Morgan fingerprint density at radius 3 is 2.46 bits per heavy atom.